The molecule has 3 aromatic rings. The fourth-order valence-electron chi connectivity index (χ4n) is 4.07. The first kappa shape index (κ1) is 20.9. The number of rotatable bonds is 7. The van der Waals surface area contributed by atoms with Gasteiger partial charge in [-0.25, -0.2) is 8.42 Å². The molecule has 1 aliphatic rings. The van der Waals surface area contributed by atoms with Crippen LogP contribution in [-0.4, -0.2) is 27.1 Å². The molecule has 0 atom stereocenters. The Balaban J connectivity index is 1.43. The minimum Gasteiger partial charge on any atom is -0.326 e. The van der Waals surface area contributed by atoms with E-state index in [0.717, 1.165) is 28.4 Å². The Morgan fingerprint density at radius 1 is 1.07 bits per heavy atom. The average Bonchev–Trinajstić information content (AvgIpc) is 3.11. The summed E-state index contributed by atoms with van der Waals surface area (Å²) >= 11 is 3.37. The van der Waals surface area contributed by atoms with Gasteiger partial charge in [0.1, 0.15) is 0 Å². The van der Waals surface area contributed by atoms with E-state index in [4.69, 9.17) is 0 Å². The van der Waals surface area contributed by atoms with Crippen LogP contribution < -0.4 is 9.62 Å². The van der Waals surface area contributed by atoms with Gasteiger partial charge < -0.3 is 5.32 Å². The first-order chi connectivity index (χ1) is 14.3. The van der Waals surface area contributed by atoms with Gasteiger partial charge in [-0.2, -0.15) is 0 Å². The third kappa shape index (κ3) is 4.37. The monoisotopic (exact) mass is 486 g/mol. The van der Waals surface area contributed by atoms with Gasteiger partial charge in [0.25, 0.3) is 0 Å². The van der Waals surface area contributed by atoms with Crippen molar-refractivity contribution in [1.82, 2.24) is 0 Å². The number of hydrogen-bond donors (Lipinski definition) is 1. The second-order valence-electron chi connectivity index (χ2n) is 7.58. The average molecular weight is 487 g/mol. The Morgan fingerprint density at radius 2 is 1.80 bits per heavy atom. The molecule has 0 heterocycles. The molecular formula is C23H23BrN2O3S. The Hall–Kier alpha value is -2.38. The van der Waals surface area contributed by atoms with Gasteiger partial charge in [0.2, 0.25) is 15.9 Å². The molecule has 5 nitrogen and oxygen atoms in total. The fraction of sp³-hybridized carbons (Fsp3) is 0.261. The Morgan fingerprint density at radius 3 is 2.53 bits per heavy atom. The van der Waals surface area contributed by atoms with Crippen LogP contribution in [0.5, 0.6) is 0 Å². The predicted octanol–water partition coefficient (Wildman–Crippen LogP) is 4.89. The summed E-state index contributed by atoms with van der Waals surface area (Å²) in [4.78, 5) is 12.6. The number of nitrogens with one attached hydrogen (secondary N) is 1. The highest BCUT2D eigenvalue weighted by molar-refractivity contribution is 9.10. The molecule has 0 saturated carbocycles. The van der Waals surface area contributed by atoms with Crippen molar-refractivity contribution < 1.29 is 13.2 Å². The molecule has 156 valence electrons. The summed E-state index contributed by atoms with van der Waals surface area (Å²) in [5.74, 6) is -0.114. The number of halogens is 1. The van der Waals surface area contributed by atoms with Crippen molar-refractivity contribution in [3.8, 4) is 0 Å². The van der Waals surface area contributed by atoms with E-state index in [1.807, 2.05) is 24.3 Å². The van der Waals surface area contributed by atoms with Crippen LogP contribution in [0.1, 0.15) is 24.0 Å². The highest BCUT2D eigenvalue weighted by atomic mass is 79.9. The highest BCUT2D eigenvalue weighted by Gasteiger charge is 2.19. The first-order valence-corrected chi connectivity index (χ1v) is 12.5. The van der Waals surface area contributed by atoms with E-state index in [1.165, 1.54) is 27.1 Å². The van der Waals surface area contributed by atoms with Crippen LogP contribution in [0.25, 0.3) is 10.8 Å². The SMILES string of the molecule is CS(=O)(=O)N(CCCC(=O)Nc1ccc2c3c(cccc13)CC2)c1cccc(Br)c1. The fourth-order valence-corrected chi connectivity index (χ4v) is 5.41. The standard InChI is InChI=1S/C23H23BrN2O3S/c1-30(28,29)26(19-7-3-6-18(24)15-19)14-4-9-22(27)25-21-13-12-17-11-10-16-5-2-8-20(21)23(16)17/h2-3,5-8,12-13,15H,4,9-11,14H2,1H3,(H,25,27). The molecule has 7 heteroatoms. The van der Waals surface area contributed by atoms with Crippen molar-refractivity contribution in [2.24, 2.45) is 0 Å². The number of aryl methyl sites for hydroxylation is 2. The Bertz CT molecular complexity index is 1210. The van der Waals surface area contributed by atoms with Gasteiger partial charge in [0, 0.05) is 28.5 Å². The molecule has 1 N–H and O–H groups in total. The molecule has 1 aliphatic carbocycles. The van der Waals surface area contributed by atoms with Crippen molar-refractivity contribution in [2.45, 2.75) is 25.7 Å². The lowest BCUT2D eigenvalue weighted by Crippen LogP contribution is -2.31. The summed E-state index contributed by atoms with van der Waals surface area (Å²) < 4.78 is 26.6. The molecule has 0 spiro atoms. The van der Waals surface area contributed by atoms with Gasteiger partial charge in [-0.15, -0.1) is 0 Å². The van der Waals surface area contributed by atoms with Crippen LogP contribution in [0.3, 0.4) is 0 Å². The number of amides is 1. The number of carbonyl (C=O) groups excluding carboxylic acids is 1. The van der Waals surface area contributed by atoms with Crippen molar-refractivity contribution in [2.75, 3.05) is 22.4 Å². The second kappa shape index (κ2) is 8.40. The normalized spacial score (nSPS) is 12.9. The second-order valence-corrected chi connectivity index (χ2v) is 10.4. The lowest BCUT2D eigenvalue weighted by Gasteiger charge is -2.22. The molecule has 3 aromatic carbocycles. The van der Waals surface area contributed by atoms with E-state index < -0.39 is 10.0 Å². The lowest BCUT2D eigenvalue weighted by molar-refractivity contribution is -0.116. The van der Waals surface area contributed by atoms with Gasteiger partial charge in [0.15, 0.2) is 0 Å². The van der Waals surface area contributed by atoms with Crippen LogP contribution in [-0.2, 0) is 27.7 Å². The molecule has 0 aromatic heterocycles. The molecule has 0 saturated heterocycles. The first-order valence-electron chi connectivity index (χ1n) is 9.89. The molecular weight excluding hydrogens is 464 g/mol. The molecule has 0 aliphatic heterocycles. The van der Waals surface area contributed by atoms with Crippen molar-refractivity contribution in [1.29, 1.82) is 0 Å². The summed E-state index contributed by atoms with van der Waals surface area (Å²) in [5.41, 5.74) is 4.06. The van der Waals surface area contributed by atoms with Crippen LogP contribution in [0.15, 0.2) is 59.1 Å². The Labute approximate surface area is 185 Å². The van der Waals surface area contributed by atoms with E-state index in [0.29, 0.717) is 12.1 Å². The number of hydrogen-bond acceptors (Lipinski definition) is 3. The number of benzene rings is 3. The number of anilines is 2. The van der Waals surface area contributed by atoms with Crippen LogP contribution in [0, 0.1) is 0 Å². The van der Waals surface area contributed by atoms with E-state index in [-0.39, 0.29) is 18.9 Å². The minimum atomic E-state index is -3.44. The number of sulfonamides is 1. The molecule has 1 amide bonds. The quantitative estimate of drug-likeness (QED) is 0.517. The zero-order valence-corrected chi connectivity index (χ0v) is 19.1. The van der Waals surface area contributed by atoms with Gasteiger partial charge in [-0.05, 0) is 60.0 Å². The third-order valence-corrected chi connectivity index (χ3v) is 7.10. The molecule has 30 heavy (non-hydrogen) atoms. The predicted molar refractivity (Wildman–Crippen MR) is 126 cm³/mol. The molecule has 0 radical (unpaired) electrons. The minimum absolute atomic E-state index is 0.114. The molecule has 0 bridgehead atoms. The number of carbonyl (C=O) groups is 1. The molecule has 0 fully saturated rings. The zero-order chi connectivity index (χ0) is 21.3. The maximum atomic E-state index is 12.6. The third-order valence-electron chi connectivity index (χ3n) is 5.41. The van der Waals surface area contributed by atoms with Crippen LogP contribution >= 0.6 is 15.9 Å². The molecule has 0 unspecified atom stereocenters. The Kier molecular flexibility index (Phi) is 5.84. The maximum Gasteiger partial charge on any atom is 0.232 e. The van der Waals surface area contributed by atoms with Gasteiger partial charge in [-0.1, -0.05) is 46.3 Å². The van der Waals surface area contributed by atoms with Crippen molar-refractivity contribution >= 4 is 54.0 Å². The van der Waals surface area contributed by atoms with Crippen LogP contribution in [0.2, 0.25) is 0 Å². The molecule has 4 rings (SSSR count). The van der Waals surface area contributed by atoms with E-state index in [9.17, 15) is 13.2 Å². The summed E-state index contributed by atoms with van der Waals surface area (Å²) in [6.45, 7) is 0.243. The van der Waals surface area contributed by atoms with Gasteiger partial charge in [0.05, 0.1) is 11.9 Å². The lowest BCUT2D eigenvalue weighted by atomic mass is 10.0. The van der Waals surface area contributed by atoms with Gasteiger partial charge in [-0.3, -0.25) is 9.10 Å². The summed E-state index contributed by atoms with van der Waals surface area (Å²) in [5, 5.41) is 5.34. The van der Waals surface area contributed by atoms with E-state index in [1.54, 1.807) is 18.2 Å². The van der Waals surface area contributed by atoms with Crippen molar-refractivity contribution in [3.05, 3.63) is 70.2 Å². The summed E-state index contributed by atoms with van der Waals surface area (Å²) in [6.07, 6.45) is 3.93. The van der Waals surface area contributed by atoms with E-state index in [2.05, 4.69) is 33.4 Å². The zero-order valence-electron chi connectivity index (χ0n) is 16.7. The highest BCUT2D eigenvalue weighted by Crippen LogP contribution is 2.35. The number of nitrogens with zero attached hydrogens (tertiary/aromatic N) is 1. The van der Waals surface area contributed by atoms with Gasteiger partial charge >= 0.3 is 0 Å². The van der Waals surface area contributed by atoms with Crippen molar-refractivity contribution in [3.63, 3.8) is 0 Å². The van der Waals surface area contributed by atoms with Crippen LogP contribution in [0.4, 0.5) is 11.4 Å². The smallest absolute Gasteiger partial charge is 0.232 e. The van der Waals surface area contributed by atoms with E-state index >= 15 is 0 Å². The largest absolute Gasteiger partial charge is 0.326 e. The maximum absolute atomic E-state index is 12.6. The summed E-state index contributed by atoms with van der Waals surface area (Å²) in [6, 6.07) is 17.4. The topological polar surface area (TPSA) is 66.5 Å². The summed E-state index contributed by atoms with van der Waals surface area (Å²) in [7, 11) is -3.44.